The van der Waals surface area contributed by atoms with Crippen LogP contribution in [0.5, 0.6) is 0 Å². The predicted octanol–water partition coefficient (Wildman–Crippen LogP) is 1.70. The molecule has 3 nitrogen and oxygen atoms in total. The zero-order valence-corrected chi connectivity index (χ0v) is 9.94. The fourth-order valence-electron chi connectivity index (χ4n) is 1.26. The molecule has 0 aliphatic rings. The van der Waals surface area contributed by atoms with Crippen LogP contribution in [0.1, 0.15) is 12.5 Å². The number of rotatable bonds is 4. The maximum Gasteiger partial charge on any atom is 0.236 e. The number of likely N-dealkylation sites (N-methyl/N-ethyl adjacent to an activating group) is 1. The zero-order valence-electron chi connectivity index (χ0n) is 9.18. The molecule has 0 radical (unpaired) electrons. The SMILES string of the molecule is CNC(=O)C(C)NCc1cccc(F)c1Cl. The molecule has 1 unspecified atom stereocenters. The summed E-state index contributed by atoms with van der Waals surface area (Å²) >= 11 is 5.77. The van der Waals surface area contributed by atoms with Crippen LogP contribution in [0.15, 0.2) is 18.2 Å². The molecule has 1 aromatic carbocycles. The van der Waals surface area contributed by atoms with Crippen molar-refractivity contribution in [1.29, 1.82) is 0 Å². The molecule has 0 aliphatic heterocycles. The van der Waals surface area contributed by atoms with E-state index in [2.05, 4.69) is 10.6 Å². The van der Waals surface area contributed by atoms with Gasteiger partial charge in [-0.1, -0.05) is 23.7 Å². The van der Waals surface area contributed by atoms with Crippen molar-refractivity contribution in [2.24, 2.45) is 0 Å². The highest BCUT2D eigenvalue weighted by Gasteiger charge is 2.11. The normalized spacial score (nSPS) is 12.2. The number of amides is 1. The molecule has 88 valence electrons. The van der Waals surface area contributed by atoms with Crippen LogP contribution in [0.2, 0.25) is 5.02 Å². The molecule has 0 spiro atoms. The van der Waals surface area contributed by atoms with Crippen molar-refractivity contribution in [2.75, 3.05) is 7.05 Å². The third-order valence-electron chi connectivity index (χ3n) is 2.27. The smallest absolute Gasteiger partial charge is 0.236 e. The van der Waals surface area contributed by atoms with Crippen molar-refractivity contribution in [3.8, 4) is 0 Å². The van der Waals surface area contributed by atoms with E-state index in [-0.39, 0.29) is 17.0 Å². The van der Waals surface area contributed by atoms with E-state index in [1.165, 1.54) is 6.07 Å². The maximum atomic E-state index is 13.1. The molecular formula is C11H14ClFN2O. The third kappa shape index (κ3) is 3.18. The molecule has 0 bridgehead atoms. The highest BCUT2D eigenvalue weighted by atomic mass is 35.5. The first kappa shape index (κ1) is 12.9. The van der Waals surface area contributed by atoms with Crippen LogP contribution in [0.4, 0.5) is 4.39 Å². The highest BCUT2D eigenvalue weighted by Crippen LogP contribution is 2.19. The van der Waals surface area contributed by atoms with Crippen LogP contribution in [0, 0.1) is 5.82 Å². The van der Waals surface area contributed by atoms with Gasteiger partial charge in [0.2, 0.25) is 5.91 Å². The molecule has 1 amide bonds. The average Bonchev–Trinajstić information content (AvgIpc) is 2.29. The van der Waals surface area contributed by atoms with Gasteiger partial charge in [-0.15, -0.1) is 0 Å². The van der Waals surface area contributed by atoms with Crippen LogP contribution < -0.4 is 10.6 Å². The largest absolute Gasteiger partial charge is 0.358 e. The number of halogens is 2. The first-order chi connectivity index (χ1) is 7.56. The third-order valence-corrected chi connectivity index (χ3v) is 2.69. The second kappa shape index (κ2) is 5.82. The number of nitrogens with one attached hydrogen (secondary N) is 2. The summed E-state index contributed by atoms with van der Waals surface area (Å²) in [6.45, 7) is 2.08. The summed E-state index contributed by atoms with van der Waals surface area (Å²) in [6, 6.07) is 4.26. The Labute approximate surface area is 99.0 Å². The molecule has 0 aromatic heterocycles. The van der Waals surface area contributed by atoms with Crippen molar-refractivity contribution in [1.82, 2.24) is 10.6 Å². The van der Waals surface area contributed by atoms with Gasteiger partial charge in [0.25, 0.3) is 0 Å². The van der Waals surface area contributed by atoms with Crippen LogP contribution in [-0.2, 0) is 11.3 Å². The van der Waals surface area contributed by atoms with Gasteiger partial charge in [-0.25, -0.2) is 4.39 Å². The Balaban J connectivity index is 2.61. The molecule has 0 aliphatic carbocycles. The predicted molar refractivity (Wildman–Crippen MR) is 61.8 cm³/mol. The van der Waals surface area contributed by atoms with Gasteiger partial charge in [0.1, 0.15) is 5.82 Å². The van der Waals surface area contributed by atoms with Gasteiger partial charge in [0.05, 0.1) is 11.1 Å². The lowest BCUT2D eigenvalue weighted by Gasteiger charge is -2.13. The van der Waals surface area contributed by atoms with Crippen LogP contribution in [0.25, 0.3) is 0 Å². The fraction of sp³-hybridized carbons (Fsp3) is 0.364. The van der Waals surface area contributed by atoms with Gasteiger partial charge >= 0.3 is 0 Å². The summed E-state index contributed by atoms with van der Waals surface area (Å²) in [5.74, 6) is -0.568. The minimum atomic E-state index is -0.450. The lowest BCUT2D eigenvalue weighted by Crippen LogP contribution is -2.40. The van der Waals surface area contributed by atoms with Crippen molar-refractivity contribution in [2.45, 2.75) is 19.5 Å². The van der Waals surface area contributed by atoms with E-state index in [1.54, 1.807) is 26.1 Å². The number of benzene rings is 1. The van der Waals surface area contributed by atoms with E-state index in [4.69, 9.17) is 11.6 Å². The van der Waals surface area contributed by atoms with Gasteiger partial charge < -0.3 is 10.6 Å². The Morgan fingerprint density at radius 2 is 2.25 bits per heavy atom. The molecule has 16 heavy (non-hydrogen) atoms. The lowest BCUT2D eigenvalue weighted by molar-refractivity contribution is -0.122. The molecule has 2 N–H and O–H groups in total. The standard InChI is InChI=1S/C11H14ClFN2O/c1-7(11(16)14-2)15-6-8-4-3-5-9(13)10(8)12/h3-5,7,15H,6H2,1-2H3,(H,14,16). The minimum absolute atomic E-state index is 0.0964. The summed E-state index contributed by atoms with van der Waals surface area (Å²) in [5.41, 5.74) is 0.636. The van der Waals surface area contributed by atoms with Gasteiger partial charge in [-0.2, -0.15) is 0 Å². The summed E-state index contributed by atoms with van der Waals surface area (Å²) < 4.78 is 13.1. The van der Waals surface area contributed by atoms with Crippen LogP contribution in [0.3, 0.4) is 0 Å². The number of hydrogen-bond acceptors (Lipinski definition) is 2. The van der Waals surface area contributed by atoms with E-state index in [0.29, 0.717) is 12.1 Å². The van der Waals surface area contributed by atoms with Crippen molar-refractivity contribution in [3.05, 3.63) is 34.6 Å². The Morgan fingerprint density at radius 1 is 1.56 bits per heavy atom. The van der Waals surface area contributed by atoms with E-state index >= 15 is 0 Å². The Morgan fingerprint density at radius 3 is 2.88 bits per heavy atom. The van der Waals surface area contributed by atoms with Crippen molar-refractivity contribution < 1.29 is 9.18 Å². The number of carbonyl (C=O) groups excluding carboxylic acids is 1. The second-order valence-corrected chi connectivity index (χ2v) is 3.81. The summed E-state index contributed by atoms with van der Waals surface area (Å²) in [4.78, 5) is 11.2. The second-order valence-electron chi connectivity index (χ2n) is 3.43. The fourth-order valence-corrected chi connectivity index (χ4v) is 1.45. The molecule has 0 saturated heterocycles. The van der Waals surface area contributed by atoms with Crippen LogP contribution >= 0.6 is 11.6 Å². The topological polar surface area (TPSA) is 41.1 Å². The molecule has 0 saturated carbocycles. The molecule has 0 heterocycles. The molecular weight excluding hydrogens is 231 g/mol. The average molecular weight is 245 g/mol. The first-order valence-electron chi connectivity index (χ1n) is 4.94. The summed E-state index contributed by atoms with van der Waals surface area (Å²) in [6.07, 6.45) is 0. The highest BCUT2D eigenvalue weighted by molar-refractivity contribution is 6.31. The summed E-state index contributed by atoms with van der Waals surface area (Å²) in [5, 5.41) is 5.57. The monoisotopic (exact) mass is 244 g/mol. The number of hydrogen-bond donors (Lipinski definition) is 2. The van der Waals surface area contributed by atoms with Crippen molar-refractivity contribution >= 4 is 17.5 Å². The Hall–Kier alpha value is -1.13. The van der Waals surface area contributed by atoms with E-state index in [0.717, 1.165) is 0 Å². The van der Waals surface area contributed by atoms with E-state index in [9.17, 15) is 9.18 Å². The quantitative estimate of drug-likeness (QED) is 0.847. The minimum Gasteiger partial charge on any atom is -0.358 e. The molecule has 1 atom stereocenters. The number of carbonyl (C=O) groups is 1. The molecule has 1 aromatic rings. The Kier molecular flexibility index (Phi) is 4.71. The van der Waals surface area contributed by atoms with Gasteiger partial charge in [0.15, 0.2) is 0 Å². The van der Waals surface area contributed by atoms with E-state index in [1.807, 2.05) is 0 Å². The van der Waals surface area contributed by atoms with Crippen molar-refractivity contribution in [3.63, 3.8) is 0 Å². The molecule has 0 fully saturated rings. The summed E-state index contributed by atoms with van der Waals surface area (Å²) in [7, 11) is 1.57. The zero-order chi connectivity index (χ0) is 12.1. The first-order valence-corrected chi connectivity index (χ1v) is 5.32. The van der Waals surface area contributed by atoms with Gasteiger partial charge in [0, 0.05) is 13.6 Å². The van der Waals surface area contributed by atoms with Gasteiger partial charge in [-0.05, 0) is 18.6 Å². The molecule has 1 rings (SSSR count). The maximum absolute atomic E-state index is 13.1. The molecule has 5 heteroatoms. The van der Waals surface area contributed by atoms with Crippen LogP contribution in [-0.4, -0.2) is 19.0 Å². The van der Waals surface area contributed by atoms with E-state index < -0.39 is 5.82 Å². The lowest BCUT2D eigenvalue weighted by atomic mass is 10.2. The Bertz CT molecular complexity index is 384. The van der Waals surface area contributed by atoms with Gasteiger partial charge in [-0.3, -0.25) is 4.79 Å².